The average molecular weight is 379 g/mol. The molecule has 0 saturated carbocycles. The van der Waals surface area contributed by atoms with Crippen LogP contribution in [0.25, 0.3) is 11.0 Å². The van der Waals surface area contributed by atoms with Gasteiger partial charge in [-0.25, -0.2) is 0 Å². The molecule has 1 aromatic heterocycles. The molecule has 1 N–H and O–H groups in total. The van der Waals surface area contributed by atoms with Crippen LogP contribution in [0.3, 0.4) is 0 Å². The van der Waals surface area contributed by atoms with Gasteiger partial charge in [0.25, 0.3) is 5.91 Å². The second-order valence-corrected chi connectivity index (χ2v) is 6.65. The number of fused-ring (bicyclic) bond motifs is 2. The Morgan fingerprint density at radius 3 is 2.50 bits per heavy atom. The van der Waals surface area contributed by atoms with Crippen molar-refractivity contribution in [3.05, 3.63) is 69.1 Å². The molecule has 2 heterocycles. The number of amides is 1. The third-order valence-electron chi connectivity index (χ3n) is 4.75. The predicted molar refractivity (Wildman–Crippen MR) is 105 cm³/mol. The topological polar surface area (TPSA) is 77.8 Å². The van der Waals surface area contributed by atoms with E-state index in [1.54, 1.807) is 24.3 Å². The molecule has 1 unspecified atom stereocenters. The van der Waals surface area contributed by atoms with Crippen molar-refractivity contribution in [2.24, 2.45) is 0 Å². The fourth-order valence-corrected chi connectivity index (χ4v) is 3.52. The zero-order valence-corrected chi connectivity index (χ0v) is 16.0. The lowest BCUT2D eigenvalue weighted by atomic mass is 9.98. The summed E-state index contributed by atoms with van der Waals surface area (Å²) in [5.41, 5.74) is 2.23. The minimum atomic E-state index is -0.599. The average Bonchev–Trinajstić information content (AvgIpc) is 3.01. The first-order chi connectivity index (χ1) is 13.5. The van der Waals surface area contributed by atoms with Crippen molar-refractivity contribution in [2.75, 3.05) is 13.2 Å². The summed E-state index contributed by atoms with van der Waals surface area (Å²) >= 11 is 0. The molecule has 4 rings (SSSR count). The van der Waals surface area contributed by atoms with Crippen LogP contribution in [0.1, 0.15) is 47.1 Å². The molecule has 0 bridgehead atoms. The van der Waals surface area contributed by atoms with Gasteiger partial charge in [0.05, 0.1) is 30.2 Å². The minimum Gasteiger partial charge on any atom is -0.490 e. The third-order valence-corrected chi connectivity index (χ3v) is 4.75. The van der Waals surface area contributed by atoms with Crippen molar-refractivity contribution in [1.29, 1.82) is 0 Å². The van der Waals surface area contributed by atoms with Gasteiger partial charge in [-0.3, -0.25) is 9.59 Å². The van der Waals surface area contributed by atoms with E-state index in [1.807, 2.05) is 32.9 Å². The molecule has 3 aromatic rings. The number of carbonyl (C=O) groups excluding carboxylic acids is 1. The monoisotopic (exact) mass is 379 g/mol. The fourth-order valence-electron chi connectivity index (χ4n) is 3.52. The van der Waals surface area contributed by atoms with Crippen molar-refractivity contribution >= 4 is 16.9 Å². The summed E-state index contributed by atoms with van der Waals surface area (Å²) in [6.45, 7) is 6.68. The van der Waals surface area contributed by atoms with E-state index in [9.17, 15) is 9.59 Å². The Bertz CT molecular complexity index is 1130. The molecule has 0 radical (unpaired) electrons. The van der Waals surface area contributed by atoms with Crippen LogP contribution in [0.2, 0.25) is 0 Å². The molecule has 0 spiro atoms. The summed E-state index contributed by atoms with van der Waals surface area (Å²) < 4.78 is 17.1. The smallest absolute Gasteiger partial charge is 0.288 e. The SMILES string of the molecule is CCOc1ccc(C2NC(=O)c3oc4ccc(C)cc4c(=O)c32)cc1OCC. The second-order valence-electron chi connectivity index (χ2n) is 6.65. The Balaban J connectivity index is 1.87. The molecule has 0 aliphatic carbocycles. The number of ether oxygens (including phenoxy) is 2. The number of hydrogen-bond acceptors (Lipinski definition) is 5. The van der Waals surface area contributed by atoms with E-state index < -0.39 is 11.9 Å². The lowest BCUT2D eigenvalue weighted by molar-refractivity contribution is 0.0938. The fraction of sp³-hybridized carbons (Fsp3) is 0.273. The maximum atomic E-state index is 13.2. The first-order valence-electron chi connectivity index (χ1n) is 9.31. The lowest BCUT2D eigenvalue weighted by Crippen LogP contribution is -2.22. The summed E-state index contributed by atoms with van der Waals surface area (Å²) in [5.74, 6) is 0.869. The van der Waals surface area contributed by atoms with Crippen LogP contribution in [0.5, 0.6) is 11.5 Å². The summed E-state index contributed by atoms with van der Waals surface area (Å²) in [4.78, 5) is 25.7. The van der Waals surface area contributed by atoms with Crippen molar-refractivity contribution in [3.8, 4) is 11.5 Å². The van der Waals surface area contributed by atoms with E-state index in [4.69, 9.17) is 13.9 Å². The number of aryl methyl sites for hydroxylation is 1. The van der Waals surface area contributed by atoms with Crippen molar-refractivity contribution in [2.45, 2.75) is 26.8 Å². The van der Waals surface area contributed by atoms with Gasteiger partial charge >= 0.3 is 0 Å². The number of nitrogens with one attached hydrogen (secondary N) is 1. The zero-order chi connectivity index (χ0) is 19.8. The molecule has 6 nitrogen and oxygen atoms in total. The third kappa shape index (κ3) is 2.91. The molecule has 2 aromatic carbocycles. The van der Waals surface area contributed by atoms with Crippen LogP contribution in [0, 0.1) is 6.92 Å². The Hall–Kier alpha value is -3.28. The first kappa shape index (κ1) is 18.1. The van der Waals surface area contributed by atoms with Gasteiger partial charge in [0, 0.05) is 0 Å². The van der Waals surface area contributed by atoms with E-state index >= 15 is 0 Å². The Morgan fingerprint density at radius 2 is 1.75 bits per heavy atom. The van der Waals surface area contributed by atoms with E-state index in [2.05, 4.69) is 5.32 Å². The van der Waals surface area contributed by atoms with Gasteiger partial charge in [-0.1, -0.05) is 17.7 Å². The van der Waals surface area contributed by atoms with Crippen molar-refractivity contribution < 1.29 is 18.7 Å². The lowest BCUT2D eigenvalue weighted by Gasteiger charge is -2.16. The van der Waals surface area contributed by atoms with Crippen molar-refractivity contribution in [1.82, 2.24) is 5.32 Å². The maximum absolute atomic E-state index is 13.2. The zero-order valence-electron chi connectivity index (χ0n) is 16.0. The molecule has 1 aliphatic rings. The number of benzene rings is 2. The molecular weight excluding hydrogens is 358 g/mol. The van der Waals surface area contributed by atoms with Crippen LogP contribution in [-0.2, 0) is 0 Å². The molecule has 0 fully saturated rings. The van der Waals surface area contributed by atoms with E-state index in [1.165, 1.54) is 0 Å². The van der Waals surface area contributed by atoms with Gasteiger partial charge in [0.2, 0.25) is 5.76 Å². The maximum Gasteiger partial charge on any atom is 0.288 e. The Kier molecular flexibility index (Phi) is 4.55. The summed E-state index contributed by atoms with van der Waals surface area (Å²) in [7, 11) is 0. The largest absolute Gasteiger partial charge is 0.490 e. The molecule has 1 amide bonds. The first-order valence-corrected chi connectivity index (χ1v) is 9.31. The van der Waals surface area contributed by atoms with Crippen LogP contribution < -0.4 is 20.2 Å². The molecule has 0 saturated heterocycles. The van der Waals surface area contributed by atoms with E-state index in [-0.39, 0.29) is 11.2 Å². The van der Waals surface area contributed by atoms with E-state index in [0.29, 0.717) is 41.2 Å². The van der Waals surface area contributed by atoms with Gasteiger partial charge in [0.1, 0.15) is 5.58 Å². The van der Waals surface area contributed by atoms with Crippen LogP contribution in [-0.4, -0.2) is 19.1 Å². The van der Waals surface area contributed by atoms with Crippen LogP contribution >= 0.6 is 0 Å². The molecule has 6 heteroatoms. The number of rotatable bonds is 5. The summed E-state index contributed by atoms with van der Waals surface area (Å²) in [6.07, 6.45) is 0. The molecule has 1 atom stereocenters. The van der Waals surface area contributed by atoms with Crippen LogP contribution in [0.15, 0.2) is 45.6 Å². The number of hydrogen-bond donors (Lipinski definition) is 1. The quantitative estimate of drug-likeness (QED) is 0.731. The molecule has 144 valence electrons. The summed E-state index contributed by atoms with van der Waals surface area (Å²) in [6, 6.07) is 10.2. The Morgan fingerprint density at radius 1 is 1.00 bits per heavy atom. The van der Waals surface area contributed by atoms with Gasteiger partial charge in [-0.15, -0.1) is 0 Å². The Labute approximate surface area is 162 Å². The standard InChI is InChI=1S/C22H21NO5/c1-4-26-16-9-7-13(11-17(16)27-5-2)19-18-20(24)14-10-12(3)6-8-15(14)28-21(18)22(25)23-19/h6-11,19H,4-5H2,1-3H3,(H,23,25). The predicted octanol–water partition coefficient (Wildman–Crippen LogP) is 3.73. The van der Waals surface area contributed by atoms with Gasteiger partial charge in [-0.2, -0.15) is 0 Å². The van der Waals surface area contributed by atoms with Gasteiger partial charge < -0.3 is 19.2 Å². The molecular formula is C22H21NO5. The second kappa shape index (κ2) is 7.03. The highest BCUT2D eigenvalue weighted by Crippen LogP contribution is 2.36. The number of carbonyl (C=O) groups is 1. The van der Waals surface area contributed by atoms with Crippen LogP contribution in [0.4, 0.5) is 0 Å². The van der Waals surface area contributed by atoms with Gasteiger partial charge in [-0.05, 0) is 50.6 Å². The highest BCUT2D eigenvalue weighted by atomic mass is 16.5. The van der Waals surface area contributed by atoms with Crippen molar-refractivity contribution in [3.63, 3.8) is 0 Å². The molecule has 1 aliphatic heterocycles. The van der Waals surface area contributed by atoms with E-state index in [0.717, 1.165) is 11.1 Å². The molecule has 28 heavy (non-hydrogen) atoms. The summed E-state index contributed by atoms with van der Waals surface area (Å²) in [5, 5.41) is 3.33. The minimum absolute atomic E-state index is 0.0678. The highest BCUT2D eigenvalue weighted by Gasteiger charge is 2.36. The highest BCUT2D eigenvalue weighted by molar-refractivity contribution is 5.99. The normalized spacial score (nSPS) is 15.4. The van der Waals surface area contributed by atoms with Gasteiger partial charge in [0.15, 0.2) is 16.9 Å².